The van der Waals surface area contributed by atoms with Crippen LogP contribution in [0.3, 0.4) is 0 Å². The van der Waals surface area contributed by atoms with Gasteiger partial charge >= 0.3 is 0 Å². The largest absolute Gasteiger partial charge is 0.385 e. The number of anilines is 1. The molecule has 0 saturated heterocycles. The second-order valence-corrected chi connectivity index (χ2v) is 2.63. The van der Waals surface area contributed by atoms with E-state index in [1.165, 1.54) is 6.07 Å². The number of nitrogen functional groups attached to an aromatic ring is 1. The third-order valence-corrected chi connectivity index (χ3v) is 1.67. The molecule has 0 radical (unpaired) electrons. The van der Waals surface area contributed by atoms with Crippen LogP contribution in [0.5, 0.6) is 0 Å². The molecule has 1 aromatic rings. The van der Waals surface area contributed by atoms with Gasteiger partial charge in [0.2, 0.25) is 0 Å². The molecule has 3 N–H and O–H groups in total. The Labute approximate surface area is 78.0 Å². The van der Waals surface area contributed by atoms with Crippen molar-refractivity contribution in [3.8, 4) is 6.07 Å². The normalized spacial score (nSPS) is 10.1. The monoisotopic (exact) mass is 199 g/mol. The van der Waals surface area contributed by atoms with Crippen LogP contribution < -0.4 is 11.3 Å². The predicted octanol–water partition coefficient (Wildman–Crippen LogP) is 0.961. The maximum Gasteiger partial charge on any atom is 0.269 e. The summed E-state index contributed by atoms with van der Waals surface area (Å²) in [5.74, 6) is -0.0235. The minimum Gasteiger partial charge on any atom is -0.385 e. The van der Waals surface area contributed by atoms with Gasteiger partial charge in [-0.1, -0.05) is 0 Å². The van der Waals surface area contributed by atoms with Crippen LogP contribution in [0.4, 0.5) is 14.6 Å². The van der Waals surface area contributed by atoms with E-state index in [1.54, 1.807) is 6.07 Å². The molecule has 0 unspecified atom stereocenters. The Morgan fingerprint density at radius 1 is 1.64 bits per heavy atom. The Bertz CT molecular complexity index is 433. The summed E-state index contributed by atoms with van der Waals surface area (Å²) in [6.45, 7) is 0. The minimum atomic E-state index is -2.90. The first-order valence-electron chi connectivity index (χ1n) is 3.73. The molecule has 74 valence electrons. The van der Waals surface area contributed by atoms with E-state index in [4.69, 9.17) is 11.0 Å². The van der Waals surface area contributed by atoms with Gasteiger partial charge in [-0.15, -0.1) is 0 Å². The van der Waals surface area contributed by atoms with Crippen LogP contribution in [0.25, 0.3) is 0 Å². The molecule has 4 nitrogen and oxygen atoms in total. The maximum atomic E-state index is 12.4. The molecule has 0 amide bonds. The second-order valence-electron chi connectivity index (χ2n) is 2.63. The van der Waals surface area contributed by atoms with E-state index < -0.39 is 17.5 Å². The fourth-order valence-electron chi connectivity index (χ4n) is 1.12. The van der Waals surface area contributed by atoms with Gasteiger partial charge in [-0.05, 0) is 11.6 Å². The number of pyridine rings is 1. The standard InChI is InChI=1S/C8H7F2N3O/c9-7(10)6-4(1-2-11)3-5(12)13-8(6)14/h3,7H,1H2,(H3,12,13,14). The number of nitrogens with zero attached hydrogens (tertiary/aromatic N) is 1. The number of hydrogen-bond donors (Lipinski definition) is 2. The summed E-state index contributed by atoms with van der Waals surface area (Å²) < 4.78 is 24.7. The highest BCUT2D eigenvalue weighted by atomic mass is 19.3. The minimum absolute atomic E-state index is 0.0235. The lowest BCUT2D eigenvalue weighted by Gasteiger charge is -2.05. The molecule has 0 aliphatic carbocycles. The zero-order valence-electron chi connectivity index (χ0n) is 7.05. The predicted molar refractivity (Wildman–Crippen MR) is 45.7 cm³/mol. The summed E-state index contributed by atoms with van der Waals surface area (Å²) in [5.41, 5.74) is 3.61. The Morgan fingerprint density at radius 2 is 2.29 bits per heavy atom. The number of halogens is 2. The molecule has 1 heterocycles. The number of nitriles is 1. The maximum absolute atomic E-state index is 12.4. The van der Waals surface area contributed by atoms with Crippen molar-refractivity contribution in [2.24, 2.45) is 0 Å². The zero-order chi connectivity index (χ0) is 10.7. The molecule has 0 saturated carbocycles. The van der Waals surface area contributed by atoms with Gasteiger partial charge in [0.25, 0.3) is 12.0 Å². The van der Waals surface area contributed by atoms with Gasteiger partial charge in [-0.3, -0.25) is 4.79 Å². The molecule has 0 atom stereocenters. The van der Waals surface area contributed by atoms with Crippen LogP contribution in [0, 0.1) is 11.3 Å². The van der Waals surface area contributed by atoms with Crippen LogP contribution in [0.2, 0.25) is 0 Å². The zero-order valence-corrected chi connectivity index (χ0v) is 7.05. The molecule has 0 aliphatic heterocycles. The molecule has 0 fully saturated rings. The summed E-state index contributed by atoms with van der Waals surface area (Å²) in [7, 11) is 0. The van der Waals surface area contributed by atoms with Crippen LogP contribution in [0.15, 0.2) is 10.9 Å². The summed E-state index contributed by atoms with van der Waals surface area (Å²) in [6, 6.07) is 2.86. The molecule has 0 aromatic carbocycles. The van der Waals surface area contributed by atoms with Crippen molar-refractivity contribution in [1.82, 2.24) is 4.98 Å². The fourth-order valence-corrected chi connectivity index (χ4v) is 1.12. The average Bonchev–Trinajstić information content (AvgIpc) is 2.01. The summed E-state index contributed by atoms with van der Waals surface area (Å²) in [4.78, 5) is 13.1. The van der Waals surface area contributed by atoms with E-state index >= 15 is 0 Å². The van der Waals surface area contributed by atoms with Crippen molar-refractivity contribution < 1.29 is 8.78 Å². The highest BCUT2D eigenvalue weighted by molar-refractivity contribution is 5.39. The van der Waals surface area contributed by atoms with Crippen LogP contribution in [0.1, 0.15) is 17.6 Å². The van der Waals surface area contributed by atoms with Gasteiger partial charge in [0.1, 0.15) is 5.82 Å². The molecular weight excluding hydrogens is 192 g/mol. The average molecular weight is 199 g/mol. The Hall–Kier alpha value is -1.90. The number of aromatic nitrogens is 1. The van der Waals surface area contributed by atoms with Gasteiger partial charge in [-0.25, -0.2) is 8.78 Å². The van der Waals surface area contributed by atoms with Crippen LogP contribution in [-0.2, 0) is 6.42 Å². The third-order valence-electron chi connectivity index (χ3n) is 1.67. The molecule has 1 rings (SSSR count). The lowest BCUT2D eigenvalue weighted by molar-refractivity contribution is 0.148. The van der Waals surface area contributed by atoms with Crippen molar-refractivity contribution in [2.45, 2.75) is 12.8 Å². The van der Waals surface area contributed by atoms with Gasteiger partial charge < -0.3 is 10.7 Å². The number of nitrogens with one attached hydrogen (secondary N) is 1. The molecule has 0 bridgehead atoms. The van der Waals surface area contributed by atoms with Crippen LogP contribution >= 0.6 is 0 Å². The second kappa shape index (κ2) is 3.87. The van der Waals surface area contributed by atoms with Crippen molar-refractivity contribution in [3.63, 3.8) is 0 Å². The summed E-state index contributed by atoms with van der Waals surface area (Å²) in [5, 5.41) is 8.36. The quantitative estimate of drug-likeness (QED) is 0.744. The smallest absolute Gasteiger partial charge is 0.269 e. The first-order chi connectivity index (χ1) is 6.56. The van der Waals surface area contributed by atoms with E-state index in [-0.39, 0.29) is 17.8 Å². The van der Waals surface area contributed by atoms with Gasteiger partial charge in [0, 0.05) is 0 Å². The molecule has 0 aliphatic rings. The molecule has 14 heavy (non-hydrogen) atoms. The Kier molecular flexibility index (Phi) is 2.82. The highest BCUT2D eigenvalue weighted by Gasteiger charge is 2.17. The SMILES string of the molecule is N#CCc1cc(N)[nH]c(=O)c1C(F)F. The Balaban J connectivity index is 3.38. The number of hydrogen-bond acceptors (Lipinski definition) is 3. The number of alkyl halides is 2. The van der Waals surface area contributed by atoms with Crippen LogP contribution in [-0.4, -0.2) is 4.98 Å². The molecule has 6 heteroatoms. The lowest BCUT2D eigenvalue weighted by atomic mass is 10.1. The topological polar surface area (TPSA) is 82.7 Å². The number of aromatic amines is 1. The number of H-pyrrole nitrogens is 1. The molecule has 1 aromatic heterocycles. The van der Waals surface area contributed by atoms with Gasteiger partial charge in [0.15, 0.2) is 0 Å². The lowest BCUT2D eigenvalue weighted by Crippen LogP contribution is -2.17. The first kappa shape index (κ1) is 10.2. The molecular formula is C8H7F2N3O. The molecule has 0 spiro atoms. The Morgan fingerprint density at radius 3 is 2.79 bits per heavy atom. The number of rotatable bonds is 2. The van der Waals surface area contributed by atoms with Crippen molar-refractivity contribution in [2.75, 3.05) is 5.73 Å². The van der Waals surface area contributed by atoms with Gasteiger partial charge in [0.05, 0.1) is 18.1 Å². The van der Waals surface area contributed by atoms with E-state index in [0.29, 0.717) is 0 Å². The third kappa shape index (κ3) is 1.88. The summed E-state index contributed by atoms with van der Waals surface area (Å²) >= 11 is 0. The van der Waals surface area contributed by atoms with Gasteiger partial charge in [-0.2, -0.15) is 5.26 Å². The van der Waals surface area contributed by atoms with E-state index in [1.807, 2.05) is 0 Å². The fraction of sp³-hybridized carbons (Fsp3) is 0.250. The van der Waals surface area contributed by atoms with Crippen molar-refractivity contribution in [1.29, 1.82) is 5.26 Å². The van der Waals surface area contributed by atoms with E-state index in [0.717, 1.165) is 0 Å². The highest BCUT2D eigenvalue weighted by Crippen LogP contribution is 2.20. The van der Waals surface area contributed by atoms with E-state index in [2.05, 4.69) is 4.98 Å². The van der Waals surface area contributed by atoms with E-state index in [9.17, 15) is 13.6 Å². The van der Waals surface area contributed by atoms with Crippen molar-refractivity contribution in [3.05, 3.63) is 27.5 Å². The number of nitrogens with two attached hydrogens (primary N) is 1. The first-order valence-corrected chi connectivity index (χ1v) is 3.73. The summed E-state index contributed by atoms with van der Waals surface area (Å²) in [6.07, 6.45) is -3.16. The van der Waals surface area contributed by atoms with Crippen molar-refractivity contribution >= 4 is 5.82 Å².